The van der Waals surface area contributed by atoms with E-state index in [1.807, 2.05) is 0 Å². The monoisotopic (exact) mass is 246 g/mol. The molecule has 4 nitrogen and oxygen atoms in total. The molecule has 0 rings (SSSR count). The van der Waals surface area contributed by atoms with Crippen molar-refractivity contribution in [3.8, 4) is 0 Å². The van der Waals surface area contributed by atoms with Crippen LogP contribution >= 0.6 is 0 Å². The van der Waals surface area contributed by atoms with Crippen LogP contribution in [0.2, 0.25) is 0 Å². The predicted octanol–water partition coefficient (Wildman–Crippen LogP) is 2.80. The Kier molecular flexibility index (Phi) is 9.15. The lowest BCUT2D eigenvalue weighted by Crippen LogP contribution is -2.07. The lowest BCUT2D eigenvalue weighted by Gasteiger charge is -1.99. The number of hydrogen-bond acceptors (Lipinski definition) is 2. The standard InChI is InChI=1S/C11H22N2O2S/c1-2-3-4-5-6-7-8-9-10-16(14,15)11-13-12/h11H,2-10H2,1H3. The second-order valence-corrected chi connectivity index (χ2v) is 6.01. The minimum atomic E-state index is -3.27. The van der Waals surface area contributed by atoms with Crippen molar-refractivity contribution in [1.82, 2.24) is 0 Å². The molecule has 0 aromatic rings. The Bertz CT molecular complexity index is 306. The summed E-state index contributed by atoms with van der Waals surface area (Å²) in [4.78, 5) is 2.54. The molecule has 0 amide bonds. The topological polar surface area (TPSA) is 70.5 Å². The highest BCUT2D eigenvalue weighted by Gasteiger charge is 2.10. The summed E-state index contributed by atoms with van der Waals surface area (Å²) in [5.74, 6) is 0.0893. The summed E-state index contributed by atoms with van der Waals surface area (Å²) in [5.41, 5.74) is 8.73. The molecule has 0 heterocycles. The quantitative estimate of drug-likeness (QED) is 0.195. The third kappa shape index (κ3) is 9.87. The molecule has 0 aliphatic carbocycles. The zero-order chi connectivity index (χ0) is 12.3. The van der Waals surface area contributed by atoms with Crippen LogP contribution in [0.4, 0.5) is 0 Å². The summed E-state index contributed by atoms with van der Waals surface area (Å²) in [6.45, 7) is 2.19. The Morgan fingerprint density at radius 3 is 2.00 bits per heavy atom. The summed E-state index contributed by atoms with van der Waals surface area (Å²) in [5, 5.41) is 0. The number of sulfone groups is 1. The first kappa shape index (κ1) is 15.3. The highest BCUT2D eigenvalue weighted by atomic mass is 32.2. The Balaban J connectivity index is 3.37. The first-order chi connectivity index (χ1) is 7.62. The first-order valence-electron chi connectivity index (χ1n) is 6.02. The first-order valence-corrected chi connectivity index (χ1v) is 7.74. The van der Waals surface area contributed by atoms with Crippen LogP contribution in [0.15, 0.2) is 0 Å². The van der Waals surface area contributed by atoms with Gasteiger partial charge < -0.3 is 5.53 Å². The lowest BCUT2D eigenvalue weighted by atomic mass is 10.1. The summed E-state index contributed by atoms with van der Waals surface area (Å²) in [6, 6.07) is 0. The normalized spacial score (nSPS) is 11.1. The highest BCUT2D eigenvalue weighted by molar-refractivity contribution is 8.04. The van der Waals surface area contributed by atoms with E-state index in [4.69, 9.17) is 5.53 Å². The number of nitrogens with zero attached hydrogens (tertiary/aromatic N) is 2. The fourth-order valence-electron chi connectivity index (χ4n) is 1.56. The van der Waals surface area contributed by atoms with Gasteiger partial charge in [0.15, 0.2) is 0 Å². The average Bonchev–Trinajstić information content (AvgIpc) is 2.22. The van der Waals surface area contributed by atoms with E-state index in [0.717, 1.165) is 12.8 Å². The van der Waals surface area contributed by atoms with Gasteiger partial charge >= 0.3 is 5.55 Å². The predicted molar refractivity (Wildman–Crippen MR) is 66.1 cm³/mol. The van der Waals surface area contributed by atoms with Gasteiger partial charge in [-0.3, -0.25) is 0 Å². The number of rotatable bonds is 10. The van der Waals surface area contributed by atoms with Crippen LogP contribution in [-0.2, 0) is 9.84 Å². The van der Waals surface area contributed by atoms with Crippen molar-refractivity contribution in [2.24, 2.45) is 0 Å². The molecule has 16 heavy (non-hydrogen) atoms. The van der Waals surface area contributed by atoms with E-state index in [2.05, 4.69) is 11.7 Å². The van der Waals surface area contributed by atoms with Gasteiger partial charge in [-0.1, -0.05) is 51.9 Å². The van der Waals surface area contributed by atoms with Gasteiger partial charge in [-0.05, 0) is 6.42 Å². The molecule has 0 fully saturated rings. The van der Waals surface area contributed by atoms with E-state index in [1.54, 1.807) is 0 Å². The van der Waals surface area contributed by atoms with Crippen molar-refractivity contribution < 1.29 is 13.2 Å². The molecular formula is C11H22N2O2S. The molecule has 0 bridgehead atoms. The van der Waals surface area contributed by atoms with Crippen molar-refractivity contribution in [3.05, 3.63) is 5.53 Å². The zero-order valence-corrected chi connectivity index (χ0v) is 10.9. The van der Waals surface area contributed by atoms with E-state index < -0.39 is 9.84 Å². The smallest absolute Gasteiger partial charge is 0.361 e. The molecule has 0 N–H and O–H groups in total. The molecular weight excluding hydrogens is 224 g/mol. The maximum atomic E-state index is 11.1. The molecule has 0 radical (unpaired) electrons. The molecule has 0 saturated carbocycles. The summed E-state index contributed by atoms with van der Waals surface area (Å²) in [7, 11) is -3.27. The third-order valence-corrected chi connectivity index (χ3v) is 3.76. The van der Waals surface area contributed by atoms with Crippen molar-refractivity contribution in [2.75, 3.05) is 5.75 Å². The van der Waals surface area contributed by atoms with Crippen molar-refractivity contribution in [1.29, 1.82) is 0 Å². The fourth-order valence-corrected chi connectivity index (χ4v) is 2.42. The van der Waals surface area contributed by atoms with Crippen molar-refractivity contribution >= 4 is 15.4 Å². The molecule has 0 spiro atoms. The Hall–Kier alpha value is -0.670. The van der Waals surface area contributed by atoms with Crippen molar-refractivity contribution in [2.45, 2.75) is 58.3 Å². The molecule has 94 valence electrons. The summed E-state index contributed by atoms with van der Waals surface area (Å²) >= 11 is 0. The van der Waals surface area contributed by atoms with Crippen LogP contribution in [-0.4, -0.2) is 24.5 Å². The maximum Gasteiger partial charge on any atom is 0.370 e. The van der Waals surface area contributed by atoms with Crippen LogP contribution in [0.1, 0.15) is 58.3 Å². The highest BCUT2D eigenvalue weighted by Crippen LogP contribution is 2.08. The van der Waals surface area contributed by atoms with Gasteiger partial charge in [-0.2, -0.15) is 4.79 Å². The minimum Gasteiger partial charge on any atom is -0.361 e. The second-order valence-electron chi connectivity index (χ2n) is 4.06. The van der Waals surface area contributed by atoms with Gasteiger partial charge in [0.25, 0.3) is 0 Å². The van der Waals surface area contributed by atoms with Gasteiger partial charge in [0.1, 0.15) is 0 Å². The maximum absolute atomic E-state index is 11.1. The molecule has 0 unspecified atom stereocenters. The number of unbranched alkanes of at least 4 members (excludes halogenated alkanes) is 7. The fraction of sp³-hybridized carbons (Fsp3) is 0.909. The van der Waals surface area contributed by atoms with Gasteiger partial charge in [-0.25, -0.2) is 8.42 Å². The summed E-state index contributed by atoms with van der Waals surface area (Å²) < 4.78 is 22.2. The Morgan fingerprint density at radius 1 is 1.00 bits per heavy atom. The van der Waals surface area contributed by atoms with E-state index in [-0.39, 0.29) is 5.75 Å². The second kappa shape index (κ2) is 9.55. The van der Waals surface area contributed by atoms with E-state index >= 15 is 0 Å². The Labute approximate surface area is 98.6 Å². The molecule has 0 aliphatic heterocycles. The van der Waals surface area contributed by atoms with E-state index in [0.29, 0.717) is 12.0 Å². The van der Waals surface area contributed by atoms with E-state index in [1.165, 1.54) is 32.1 Å². The molecule has 0 saturated heterocycles. The van der Waals surface area contributed by atoms with Crippen LogP contribution in [0, 0.1) is 0 Å². The van der Waals surface area contributed by atoms with Crippen LogP contribution in [0.5, 0.6) is 0 Å². The van der Waals surface area contributed by atoms with E-state index in [9.17, 15) is 8.42 Å². The molecule has 0 atom stereocenters. The average molecular weight is 246 g/mol. The third-order valence-electron chi connectivity index (χ3n) is 2.49. The van der Waals surface area contributed by atoms with Crippen molar-refractivity contribution in [3.63, 3.8) is 0 Å². The van der Waals surface area contributed by atoms with Gasteiger partial charge in [0.05, 0.1) is 5.75 Å². The SMILES string of the molecule is CCCCCCCCCCS(=O)(=O)C=[N+]=[N-]. The Morgan fingerprint density at radius 2 is 1.50 bits per heavy atom. The van der Waals surface area contributed by atoms with Gasteiger partial charge in [-0.15, -0.1) is 0 Å². The van der Waals surface area contributed by atoms with Crippen LogP contribution < -0.4 is 0 Å². The largest absolute Gasteiger partial charge is 0.370 e. The van der Waals surface area contributed by atoms with Gasteiger partial charge in [0.2, 0.25) is 9.84 Å². The lowest BCUT2D eigenvalue weighted by molar-refractivity contribution is 0.00754. The van der Waals surface area contributed by atoms with Crippen LogP contribution in [0.3, 0.4) is 0 Å². The molecule has 0 aromatic carbocycles. The molecule has 0 aliphatic rings. The number of hydrogen-bond donors (Lipinski definition) is 0. The zero-order valence-electron chi connectivity index (χ0n) is 10.1. The molecule has 0 aromatic heterocycles. The summed E-state index contributed by atoms with van der Waals surface area (Å²) in [6.07, 6.45) is 8.95. The van der Waals surface area contributed by atoms with Gasteiger partial charge in [0, 0.05) is 0 Å². The molecule has 5 heteroatoms. The van der Waals surface area contributed by atoms with Crippen LogP contribution in [0.25, 0.3) is 5.53 Å². The minimum absolute atomic E-state index is 0.0893.